The maximum Gasteiger partial charge on any atom is 0.257 e. The maximum atomic E-state index is 13.4. The van der Waals surface area contributed by atoms with Crippen LogP contribution in [0.15, 0.2) is 17.3 Å². The van der Waals surface area contributed by atoms with Gasteiger partial charge in [0.25, 0.3) is 5.91 Å². The molecule has 1 aliphatic rings. The smallest absolute Gasteiger partial charge is 0.257 e. The number of aromatic amines is 1. The Labute approximate surface area is 165 Å². The van der Waals surface area contributed by atoms with E-state index in [0.717, 1.165) is 12.8 Å². The first kappa shape index (κ1) is 20.5. The average molecular weight is 409 g/mol. The number of hydrogen-bond donors (Lipinski definition) is 1. The lowest BCUT2D eigenvalue weighted by Crippen LogP contribution is -2.40. The highest BCUT2D eigenvalue weighted by Crippen LogP contribution is 2.36. The molecule has 2 aromatic heterocycles. The van der Waals surface area contributed by atoms with E-state index in [4.69, 9.17) is 0 Å². The minimum atomic E-state index is -3.74. The number of aromatic nitrogens is 4. The number of amides is 1. The van der Waals surface area contributed by atoms with Crippen LogP contribution in [0.25, 0.3) is 0 Å². The van der Waals surface area contributed by atoms with Crippen LogP contribution in [-0.2, 0) is 17.1 Å². The first-order valence-electron chi connectivity index (χ1n) is 9.65. The van der Waals surface area contributed by atoms with Crippen LogP contribution in [0.2, 0.25) is 0 Å². The van der Waals surface area contributed by atoms with Crippen LogP contribution in [0.5, 0.6) is 0 Å². The number of carbonyl (C=O) groups excluding carboxylic acids is 1. The van der Waals surface area contributed by atoms with Gasteiger partial charge in [0, 0.05) is 26.7 Å². The zero-order chi connectivity index (χ0) is 20.5. The SMILES string of the molecule is CCN(CC)C(=O)c1cn[nH]c1C1CCCCN1S(=O)(=O)c1cnn(C)c1C. The van der Waals surface area contributed by atoms with Crippen molar-refractivity contribution in [1.82, 2.24) is 29.2 Å². The fourth-order valence-corrected chi connectivity index (χ4v) is 5.59. The van der Waals surface area contributed by atoms with Crippen molar-refractivity contribution in [1.29, 1.82) is 0 Å². The van der Waals surface area contributed by atoms with Gasteiger partial charge in [-0.25, -0.2) is 8.42 Å². The molecule has 1 fully saturated rings. The molecule has 1 N–H and O–H groups in total. The Morgan fingerprint density at radius 2 is 2.00 bits per heavy atom. The van der Waals surface area contributed by atoms with E-state index in [1.807, 2.05) is 13.8 Å². The van der Waals surface area contributed by atoms with Crippen LogP contribution >= 0.6 is 0 Å². The van der Waals surface area contributed by atoms with Gasteiger partial charge in [0.1, 0.15) is 4.90 Å². The second-order valence-corrected chi connectivity index (χ2v) is 8.88. The molecule has 1 saturated heterocycles. The predicted octanol–water partition coefficient (Wildman–Crippen LogP) is 1.85. The Balaban J connectivity index is 2.01. The van der Waals surface area contributed by atoms with Crippen LogP contribution in [-0.4, -0.2) is 63.1 Å². The fourth-order valence-electron chi connectivity index (χ4n) is 3.74. The molecule has 3 rings (SSSR count). The summed E-state index contributed by atoms with van der Waals surface area (Å²) in [6, 6.07) is -0.449. The van der Waals surface area contributed by atoms with Gasteiger partial charge in [-0.1, -0.05) is 6.42 Å². The number of nitrogens with zero attached hydrogens (tertiary/aromatic N) is 5. The number of H-pyrrole nitrogens is 1. The Morgan fingerprint density at radius 3 is 2.61 bits per heavy atom. The third-order valence-electron chi connectivity index (χ3n) is 5.51. The second kappa shape index (κ2) is 8.04. The van der Waals surface area contributed by atoms with Crippen molar-refractivity contribution in [2.45, 2.75) is 51.0 Å². The molecule has 1 atom stereocenters. The van der Waals surface area contributed by atoms with E-state index in [1.54, 1.807) is 23.6 Å². The van der Waals surface area contributed by atoms with Gasteiger partial charge in [0.2, 0.25) is 10.0 Å². The number of sulfonamides is 1. The maximum absolute atomic E-state index is 13.4. The Kier molecular flexibility index (Phi) is 5.90. The molecule has 0 spiro atoms. The molecule has 3 heterocycles. The van der Waals surface area contributed by atoms with Crippen LogP contribution in [0.4, 0.5) is 0 Å². The summed E-state index contributed by atoms with van der Waals surface area (Å²) >= 11 is 0. The molecule has 10 heteroatoms. The quantitative estimate of drug-likeness (QED) is 0.785. The van der Waals surface area contributed by atoms with E-state index in [2.05, 4.69) is 15.3 Å². The third-order valence-corrected chi connectivity index (χ3v) is 7.52. The lowest BCUT2D eigenvalue weighted by atomic mass is 9.99. The Bertz CT molecular complexity index is 944. The largest absolute Gasteiger partial charge is 0.339 e. The number of carbonyl (C=O) groups is 1. The lowest BCUT2D eigenvalue weighted by molar-refractivity contribution is 0.0769. The van der Waals surface area contributed by atoms with Gasteiger partial charge in [-0.15, -0.1) is 0 Å². The van der Waals surface area contributed by atoms with Crippen LogP contribution in [0.3, 0.4) is 0 Å². The highest BCUT2D eigenvalue weighted by molar-refractivity contribution is 7.89. The number of rotatable bonds is 6. The van der Waals surface area contributed by atoms with Gasteiger partial charge in [0.15, 0.2) is 0 Å². The van der Waals surface area contributed by atoms with Crippen molar-refractivity contribution in [3.8, 4) is 0 Å². The number of hydrogen-bond acceptors (Lipinski definition) is 5. The lowest BCUT2D eigenvalue weighted by Gasteiger charge is -2.34. The van der Waals surface area contributed by atoms with Crippen LogP contribution in [0.1, 0.15) is 60.9 Å². The minimum Gasteiger partial charge on any atom is -0.339 e. The van der Waals surface area contributed by atoms with Crippen molar-refractivity contribution in [2.75, 3.05) is 19.6 Å². The predicted molar refractivity (Wildman–Crippen MR) is 104 cm³/mol. The monoisotopic (exact) mass is 408 g/mol. The molecule has 0 radical (unpaired) electrons. The van der Waals surface area contributed by atoms with Crippen molar-refractivity contribution >= 4 is 15.9 Å². The molecule has 1 amide bonds. The first-order valence-corrected chi connectivity index (χ1v) is 11.1. The Morgan fingerprint density at radius 1 is 1.29 bits per heavy atom. The molecule has 9 nitrogen and oxygen atoms in total. The van der Waals surface area contributed by atoms with Gasteiger partial charge >= 0.3 is 0 Å². The normalized spacial score (nSPS) is 18.4. The third kappa shape index (κ3) is 3.46. The van der Waals surface area contributed by atoms with Crippen LogP contribution < -0.4 is 0 Å². The molecule has 0 aliphatic carbocycles. The van der Waals surface area contributed by atoms with Gasteiger partial charge in [-0.3, -0.25) is 14.6 Å². The molecule has 0 aromatic carbocycles. The van der Waals surface area contributed by atoms with Gasteiger partial charge in [-0.05, 0) is 33.6 Å². The molecule has 0 bridgehead atoms. The zero-order valence-corrected chi connectivity index (χ0v) is 17.7. The molecular formula is C18H28N6O3S. The molecule has 1 aliphatic heterocycles. The second-order valence-electron chi connectivity index (χ2n) is 7.02. The van der Waals surface area contributed by atoms with Crippen molar-refractivity contribution in [2.24, 2.45) is 7.05 Å². The molecule has 1 unspecified atom stereocenters. The summed E-state index contributed by atoms with van der Waals surface area (Å²) in [6.45, 7) is 7.15. The summed E-state index contributed by atoms with van der Waals surface area (Å²) < 4.78 is 29.8. The highest BCUT2D eigenvalue weighted by Gasteiger charge is 2.39. The number of aryl methyl sites for hydroxylation is 1. The standard InChI is InChI=1S/C18H28N6O3S/c1-5-23(6-2)18(25)14-11-19-21-17(14)15-9-7-8-10-24(15)28(26,27)16-12-20-22(4)13(16)3/h11-12,15H,5-10H2,1-4H3,(H,19,21). The van der Waals surface area contributed by atoms with Gasteiger partial charge < -0.3 is 4.90 Å². The molecule has 154 valence electrons. The summed E-state index contributed by atoms with van der Waals surface area (Å²) in [5.41, 5.74) is 1.61. The van der Waals surface area contributed by atoms with Gasteiger partial charge in [-0.2, -0.15) is 14.5 Å². The van der Waals surface area contributed by atoms with E-state index in [9.17, 15) is 13.2 Å². The zero-order valence-electron chi connectivity index (χ0n) is 16.8. The van der Waals surface area contributed by atoms with Crippen LogP contribution in [0, 0.1) is 6.92 Å². The van der Waals surface area contributed by atoms with Crippen molar-refractivity contribution < 1.29 is 13.2 Å². The average Bonchev–Trinajstić information content (AvgIpc) is 3.30. The summed E-state index contributed by atoms with van der Waals surface area (Å²) in [4.78, 5) is 14.8. The number of piperidine rings is 1. The van der Waals surface area contributed by atoms with Gasteiger partial charge in [0.05, 0.1) is 35.4 Å². The molecule has 0 saturated carbocycles. The van der Waals surface area contributed by atoms with E-state index in [-0.39, 0.29) is 10.8 Å². The van der Waals surface area contributed by atoms with E-state index < -0.39 is 16.1 Å². The van der Waals surface area contributed by atoms with E-state index in [0.29, 0.717) is 43.0 Å². The molecule has 28 heavy (non-hydrogen) atoms. The first-order chi connectivity index (χ1) is 13.3. The van der Waals surface area contributed by atoms with Crippen molar-refractivity contribution in [3.63, 3.8) is 0 Å². The fraction of sp³-hybridized carbons (Fsp3) is 0.611. The Hall–Kier alpha value is -2.20. The summed E-state index contributed by atoms with van der Waals surface area (Å²) in [7, 11) is -2.02. The minimum absolute atomic E-state index is 0.130. The molecular weight excluding hydrogens is 380 g/mol. The summed E-state index contributed by atoms with van der Waals surface area (Å²) in [6.07, 6.45) is 5.21. The summed E-state index contributed by atoms with van der Waals surface area (Å²) in [5.74, 6) is -0.130. The number of nitrogens with one attached hydrogen (secondary N) is 1. The highest BCUT2D eigenvalue weighted by atomic mass is 32.2. The van der Waals surface area contributed by atoms with E-state index in [1.165, 1.54) is 16.7 Å². The topological polar surface area (TPSA) is 104 Å². The van der Waals surface area contributed by atoms with E-state index >= 15 is 0 Å². The summed E-state index contributed by atoms with van der Waals surface area (Å²) in [5, 5.41) is 11.1. The van der Waals surface area contributed by atoms with Crippen molar-refractivity contribution in [3.05, 3.63) is 29.3 Å². The molecule has 2 aromatic rings.